The van der Waals surface area contributed by atoms with Gasteiger partial charge in [0.1, 0.15) is 0 Å². The number of aromatic nitrogens is 2. The lowest BCUT2D eigenvalue weighted by Crippen LogP contribution is -2.37. The molecule has 1 unspecified atom stereocenters. The van der Waals surface area contributed by atoms with Crippen molar-refractivity contribution in [3.8, 4) is 0 Å². The number of hydrogen-bond donors (Lipinski definition) is 2. The van der Waals surface area contributed by atoms with Crippen LogP contribution in [-0.4, -0.2) is 71.1 Å². The third kappa shape index (κ3) is 5.02. The summed E-state index contributed by atoms with van der Waals surface area (Å²) in [5.41, 5.74) is 0.673. The van der Waals surface area contributed by atoms with Crippen molar-refractivity contribution >= 4 is 11.7 Å². The van der Waals surface area contributed by atoms with Crippen molar-refractivity contribution in [3.63, 3.8) is 0 Å². The largest absolute Gasteiger partial charge is 0.391 e. The molecule has 0 radical (unpaired) electrons. The molecule has 0 saturated heterocycles. The van der Waals surface area contributed by atoms with Crippen LogP contribution in [0, 0.1) is 5.92 Å². The van der Waals surface area contributed by atoms with Crippen molar-refractivity contribution in [2.45, 2.75) is 25.5 Å². The number of hydrogen-bond acceptors (Lipinski definition) is 4. The lowest BCUT2D eigenvalue weighted by molar-refractivity contribution is 0.117. The average molecular weight is 295 g/mol. The van der Waals surface area contributed by atoms with Gasteiger partial charge in [-0.1, -0.05) is 0 Å². The molecule has 7 heteroatoms. The van der Waals surface area contributed by atoms with Crippen LogP contribution in [0.2, 0.25) is 0 Å². The number of carbonyl (C=O) groups excluding carboxylic acids is 1. The number of anilines is 1. The van der Waals surface area contributed by atoms with E-state index in [-0.39, 0.29) is 6.03 Å². The summed E-state index contributed by atoms with van der Waals surface area (Å²) in [5.74, 6) is 0.369. The van der Waals surface area contributed by atoms with Crippen LogP contribution in [0.4, 0.5) is 10.5 Å². The zero-order chi connectivity index (χ0) is 15.4. The molecule has 1 fully saturated rings. The lowest BCUT2D eigenvalue weighted by Gasteiger charge is -2.20. The highest BCUT2D eigenvalue weighted by Gasteiger charge is 2.31. The Morgan fingerprint density at radius 1 is 1.52 bits per heavy atom. The molecule has 7 nitrogen and oxygen atoms in total. The Balaban J connectivity index is 1.78. The first-order valence-corrected chi connectivity index (χ1v) is 7.33. The van der Waals surface area contributed by atoms with E-state index < -0.39 is 6.10 Å². The Labute approximate surface area is 125 Å². The van der Waals surface area contributed by atoms with Crippen LogP contribution in [0.15, 0.2) is 12.4 Å². The second-order valence-corrected chi connectivity index (χ2v) is 6.01. The molecule has 21 heavy (non-hydrogen) atoms. The van der Waals surface area contributed by atoms with Crippen molar-refractivity contribution < 1.29 is 9.90 Å². The molecule has 2 N–H and O–H groups in total. The van der Waals surface area contributed by atoms with E-state index in [1.165, 1.54) is 4.90 Å². The number of carbonyl (C=O) groups is 1. The number of urea groups is 1. The number of nitrogens with one attached hydrogen (secondary N) is 1. The molecule has 2 amide bonds. The van der Waals surface area contributed by atoms with E-state index >= 15 is 0 Å². The van der Waals surface area contributed by atoms with E-state index in [4.69, 9.17) is 0 Å². The van der Waals surface area contributed by atoms with Gasteiger partial charge in [-0.2, -0.15) is 5.10 Å². The van der Waals surface area contributed by atoms with Crippen LogP contribution in [-0.2, 0) is 6.54 Å². The van der Waals surface area contributed by atoms with Crippen LogP contribution < -0.4 is 5.32 Å². The van der Waals surface area contributed by atoms with Gasteiger partial charge in [-0.25, -0.2) is 4.79 Å². The predicted octanol–water partition coefficient (Wildman–Crippen LogP) is 0.679. The predicted molar refractivity (Wildman–Crippen MR) is 81.2 cm³/mol. The molecule has 0 bridgehead atoms. The zero-order valence-corrected chi connectivity index (χ0v) is 13.0. The number of aliphatic hydroxyl groups excluding tert-OH is 1. The minimum Gasteiger partial charge on any atom is -0.391 e. The van der Waals surface area contributed by atoms with Crippen LogP contribution in [0.3, 0.4) is 0 Å². The quantitative estimate of drug-likeness (QED) is 0.776. The van der Waals surface area contributed by atoms with Gasteiger partial charge in [0.05, 0.1) is 24.5 Å². The van der Waals surface area contributed by atoms with Crippen LogP contribution in [0.5, 0.6) is 0 Å². The summed E-state index contributed by atoms with van der Waals surface area (Å²) in [5, 5.41) is 16.9. The van der Waals surface area contributed by atoms with Gasteiger partial charge in [0, 0.05) is 26.3 Å². The number of rotatable bonds is 7. The van der Waals surface area contributed by atoms with Crippen molar-refractivity contribution in [1.82, 2.24) is 19.6 Å². The standard InChI is InChI=1S/C14H25N5O2/c1-17(2)6-7-19-9-12(8-15-19)16-14(21)18(3)10-13(20)11-4-5-11/h8-9,11,13,20H,4-7,10H2,1-3H3,(H,16,21). The first-order chi connectivity index (χ1) is 9.95. The minimum atomic E-state index is -0.413. The van der Waals surface area contributed by atoms with Crippen LogP contribution in [0.1, 0.15) is 12.8 Å². The molecule has 1 atom stereocenters. The van der Waals surface area contributed by atoms with Gasteiger partial charge in [0.2, 0.25) is 0 Å². The molecule has 2 rings (SSSR count). The first-order valence-electron chi connectivity index (χ1n) is 7.33. The fourth-order valence-electron chi connectivity index (χ4n) is 2.07. The van der Waals surface area contributed by atoms with Crippen molar-refractivity contribution in [2.24, 2.45) is 5.92 Å². The van der Waals surface area contributed by atoms with Gasteiger partial charge in [0.25, 0.3) is 0 Å². The molecular weight excluding hydrogens is 270 g/mol. The molecule has 0 aromatic carbocycles. The second-order valence-electron chi connectivity index (χ2n) is 6.01. The molecule has 118 valence electrons. The smallest absolute Gasteiger partial charge is 0.321 e. The van der Waals surface area contributed by atoms with E-state index in [0.29, 0.717) is 18.2 Å². The van der Waals surface area contributed by atoms with Gasteiger partial charge in [-0.3, -0.25) is 4.68 Å². The van der Waals surface area contributed by atoms with E-state index in [1.54, 1.807) is 17.9 Å². The van der Waals surface area contributed by atoms with Crippen molar-refractivity contribution in [2.75, 3.05) is 39.5 Å². The van der Waals surface area contributed by atoms with Gasteiger partial charge in [-0.15, -0.1) is 0 Å². The molecule has 1 aliphatic rings. The number of aliphatic hydroxyl groups is 1. The molecule has 1 aromatic heterocycles. The molecule has 1 heterocycles. The Morgan fingerprint density at radius 3 is 2.86 bits per heavy atom. The number of likely N-dealkylation sites (N-methyl/N-ethyl adjacent to an activating group) is 2. The van der Waals surface area contributed by atoms with Crippen molar-refractivity contribution in [1.29, 1.82) is 0 Å². The fraction of sp³-hybridized carbons (Fsp3) is 0.714. The summed E-state index contributed by atoms with van der Waals surface area (Å²) in [6.07, 6.45) is 5.17. The summed E-state index contributed by atoms with van der Waals surface area (Å²) >= 11 is 0. The van der Waals surface area contributed by atoms with Gasteiger partial charge < -0.3 is 20.2 Å². The summed E-state index contributed by atoms with van der Waals surface area (Å²) in [7, 11) is 5.70. The maximum Gasteiger partial charge on any atom is 0.321 e. The molecule has 0 spiro atoms. The fourth-order valence-corrected chi connectivity index (χ4v) is 2.07. The Bertz CT molecular complexity index is 470. The SMILES string of the molecule is CN(C)CCn1cc(NC(=O)N(C)CC(O)C2CC2)cn1. The highest BCUT2D eigenvalue weighted by molar-refractivity contribution is 5.88. The Morgan fingerprint density at radius 2 is 2.24 bits per heavy atom. The minimum absolute atomic E-state index is 0.221. The summed E-state index contributed by atoms with van der Waals surface area (Å²) < 4.78 is 1.80. The maximum absolute atomic E-state index is 12.0. The molecule has 1 saturated carbocycles. The number of nitrogens with zero attached hydrogens (tertiary/aromatic N) is 4. The molecule has 0 aliphatic heterocycles. The highest BCUT2D eigenvalue weighted by atomic mass is 16.3. The van der Waals surface area contributed by atoms with Gasteiger partial charge in [0.15, 0.2) is 0 Å². The molecule has 1 aliphatic carbocycles. The zero-order valence-electron chi connectivity index (χ0n) is 13.0. The first kappa shape index (κ1) is 15.8. The number of amides is 2. The third-order valence-corrected chi connectivity index (χ3v) is 3.63. The lowest BCUT2D eigenvalue weighted by atomic mass is 10.2. The normalized spacial score (nSPS) is 16.0. The van der Waals surface area contributed by atoms with Crippen LogP contribution in [0.25, 0.3) is 0 Å². The highest BCUT2D eigenvalue weighted by Crippen LogP contribution is 2.32. The monoisotopic (exact) mass is 295 g/mol. The second kappa shape index (κ2) is 6.91. The van der Waals surface area contributed by atoms with Crippen molar-refractivity contribution in [3.05, 3.63) is 12.4 Å². The molecular formula is C14H25N5O2. The maximum atomic E-state index is 12.0. The van der Waals surface area contributed by atoms with E-state index in [2.05, 4.69) is 15.3 Å². The topological polar surface area (TPSA) is 73.6 Å². The Hall–Kier alpha value is -1.60. The van der Waals surface area contributed by atoms with E-state index in [9.17, 15) is 9.90 Å². The van der Waals surface area contributed by atoms with Gasteiger partial charge >= 0.3 is 6.03 Å². The van der Waals surface area contributed by atoms with E-state index in [0.717, 1.165) is 25.9 Å². The third-order valence-electron chi connectivity index (χ3n) is 3.63. The van der Waals surface area contributed by atoms with E-state index in [1.807, 2.05) is 20.3 Å². The summed E-state index contributed by atoms with van der Waals surface area (Å²) in [4.78, 5) is 15.6. The van der Waals surface area contributed by atoms with Gasteiger partial charge in [-0.05, 0) is 32.9 Å². The summed E-state index contributed by atoms with van der Waals surface area (Å²) in [6.45, 7) is 2.03. The Kier molecular flexibility index (Phi) is 5.19. The summed E-state index contributed by atoms with van der Waals surface area (Å²) in [6, 6.07) is -0.221. The average Bonchev–Trinajstić information content (AvgIpc) is 3.18. The van der Waals surface area contributed by atoms with Crippen LogP contribution >= 0.6 is 0 Å². The molecule has 1 aromatic rings.